The predicted octanol–water partition coefficient (Wildman–Crippen LogP) is 3.38. The third-order valence-electron chi connectivity index (χ3n) is 5.94. The summed E-state index contributed by atoms with van der Waals surface area (Å²) in [5, 5.41) is 3.14. The SMILES string of the molecule is O=C(NCC1Cc2cccc(-c3ccncc3)c2O1)[C@H]1C[C@@H]2C=C[C@H]1C2. The highest BCUT2D eigenvalue weighted by molar-refractivity contribution is 5.80. The molecule has 4 heteroatoms. The fourth-order valence-corrected chi connectivity index (χ4v) is 4.64. The van der Waals surface area contributed by atoms with E-state index in [0.29, 0.717) is 18.4 Å². The van der Waals surface area contributed by atoms with Crippen LogP contribution in [0.25, 0.3) is 11.1 Å². The molecular weight excluding hydrogens is 324 g/mol. The fraction of sp³-hybridized carbons (Fsp3) is 0.364. The number of nitrogens with one attached hydrogen (secondary N) is 1. The topological polar surface area (TPSA) is 51.2 Å². The Labute approximate surface area is 153 Å². The maximum absolute atomic E-state index is 12.5. The molecule has 4 atom stereocenters. The molecule has 0 radical (unpaired) electrons. The molecule has 1 N–H and O–H groups in total. The number of para-hydroxylation sites is 1. The van der Waals surface area contributed by atoms with Crippen LogP contribution >= 0.6 is 0 Å². The summed E-state index contributed by atoms with van der Waals surface area (Å²) in [6.07, 6.45) is 11.1. The highest BCUT2D eigenvalue weighted by Crippen LogP contribution is 2.43. The molecule has 1 fully saturated rings. The average molecular weight is 346 g/mol. The number of aromatic nitrogens is 1. The van der Waals surface area contributed by atoms with E-state index in [1.165, 1.54) is 5.56 Å². The standard InChI is InChI=1S/C22H22N2O2/c25-22(20-11-14-4-5-16(20)10-14)24-13-18-12-17-2-1-3-19(21(17)26-18)15-6-8-23-9-7-15/h1-9,14,16,18,20H,10-13H2,(H,24,25)/t14-,16+,18?,20+/m1/s1. The van der Waals surface area contributed by atoms with Crippen molar-refractivity contribution in [2.45, 2.75) is 25.4 Å². The van der Waals surface area contributed by atoms with Crippen LogP contribution in [0.1, 0.15) is 18.4 Å². The lowest BCUT2D eigenvalue weighted by Crippen LogP contribution is -2.39. The minimum atomic E-state index is 0.00562. The largest absolute Gasteiger partial charge is 0.487 e. The Bertz CT molecular complexity index is 862. The van der Waals surface area contributed by atoms with E-state index in [9.17, 15) is 4.79 Å². The number of hydrogen-bond acceptors (Lipinski definition) is 3. The van der Waals surface area contributed by atoms with Crippen molar-refractivity contribution in [3.05, 3.63) is 60.4 Å². The highest BCUT2D eigenvalue weighted by atomic mass is 16.5. The molecule has 5 rings (SSSR count). The van der Waals surface area contributed by atoms with Gasteiger partial charge in [-0.25, -0.2) is 0 Å². The van der Waals surface area contributed by atoms with Crippen molar-refractivity contribution < 1.29 is 9.53 Å². The van der Waals surface area contributed by atoms with Crippen molar-refractivity contribution in [3.63, 3.8) is 0 Å². The summed E-state index contributed by atoms with van der Waals surface area (Å²) >= 11 is 0. The van der Waals surface area contributed by atoms with Crippen LogP contribution in [-0.4, -0.2) is 23.5 Å². The van der Waals surface area contributed by atoms with Gasteiger partial charge in [0.15, 0.2) is 0 Å². The van der Waals surface area contributed by atoms with Gasteiger partial charge in [0.25, 0.3) is 0 Å². The molecule has 26 heavy (non-hydrogen) atoms. The van der Waals surface area contributed by atoms with Gasteiger partial charge in [-0.1, -0.05) is 30.4 Å². The number of pyridine rings is 1. The molecule has 2 heterocycles. The monoisotopic (exact) mass is 346 g/mol. The van der Waals surface area contributed by atoms with E-state index in [2.05, 4.69) is 40.7 Å². The van der Waals surface area contributed by atoms with Gasteiger partial charge in [0.05, 0.1) is 6.54 Å². The number of carbonyl (C=O) groups excluding carboxylic acids is 1. The van der Waals surface area contributed by atoms with E-state index in [1.54, 1.807) is 12.4 Å². The maximum Gasteiger partial charge on any atom is 0.223 e. The van der Waals surface area contributed by atoms with Crippen LogP contribution in [0.3, 0.4) is 0 Å². The number of allylic oxidation sites excluding steroid dienone is 2. The molecule has 1 amide bonds. The first-order valence-corrected chi connectivity index (χ1v) is 9.43. The zero-order valence-electron chi connectivity index (χ0n) is 14.6. The number of fused-ring (bicyclic) bond motifs is 3. The van der Waals surface area contributed by atoms with E-state index >= 15 is 0 Å². The highest BCUT2D eigenvalue weighted by Gasteiger charge is 2.40. The maximum atomic E-state index is 12.5. The second-order valence-electron chi connectivity index (χ2n) is 7.61. The first kappa shape index (κ1) is 15.6. The first-order chi connectivity index (χ1) is 12.8. The Balaban J connectivity index is 1.25. The van der Waals surface area contributed by atoms with Crippen LogP contribution in [0.15, 0.2) is 54.9 Å². The van der Waals surface area contributed by atoms with Crippen molar-refractivity contribution in [2.75, 3.05) is 6.54 Å². The molecule has 4 nitrogen and oxygen atoms in total. The Kier molecular flexibility index (Phi) is 3.77. The van der Waals surface area contributed by atoms with Gasteiger partial charge in [-0.15, -0.1) is 0 Å². The lowest BCUT2D eigenvalue weighted by molar-refractivity contribution is -0.126. The fourth-order valence-electron chi connectivity index (χ4n) is 4.64. The van der Waals surface area contributed by atoms with E-state index in [4.69, 9.17) is 4.74 Å². The van der Waals surface area contributed by atoms with E-state index in [0.717, 1.165) is 36.1 Å². The van der Waals surface area contributed by atoms with Crippen molar-refractivity contribution in [1.82, 2.24) is 10.3 Å². The second kappa shape index (κ2) is 6.27. The van der Waals surface area contributed by atoms with Crippen molar-refractivity contribution >= 4 is 5.91 Å². The summed E-state index contributed by atoms with van der Waals surface area (Å²) in [6.45, 7) is 0.570. The molecule has 1 aromatic carbocycles. The molecule has 2 aliphatic carbocycles. The third-order valence-corrected chi connectivity index (χ3v) is 5.94. The molecular formula is C22H22N2O2. The molecule has 1 unspecified atom stereocenters. The number of hydrogen-bond donors (Lipinski definition) is 1. The van der Waals surface area contributed by atoms with Crippen LogP contribution in [0.4, 0.5) is 0 Å². The van der Waals surface area contributed by atoms with Gasteiger partial charge >= 0.3 is 0 Å². The molecule has 1 saturated carbocycles. The summed E-state index contributed by atoms with van der Waals surface area (Å²) in [4.78, 5) is 16.6. The molecule has 2 bridgehead atoms. The number of ether oxygens (including phenoxy) is 1. The van der Waals surface area contributed by atoms with E-state index in [-0.39, 0.29) is 17.9 Å². The van der Waals surface area contributed by atoms with E-state index < -0.39 is 0 Å². The minimum Gasteiger partial charge on any atom is -0.487 e. The van der Waals surface area contributed by atoms with Gasteiger partial charge in [0, 0.05) is 30.3 Å². The van der Waals surface area contributed by atoms with Gasteiger partial charge in [-0.2, -0.15) is 0 Å². The van der Waals surface area contributed by atoms with Crippen LogP contribution in [0, 0.1) is 17.8 Å². The zero-order valence-corrected chi connectivity index (χ0v) is 14.6. The van der Waals surface area contributed by atoms with Crippen LogP contribution in [-0.2, 0) is 11.2 Å². The lowest BCUT2D eigenvalue weighted by Gasteiger charge is -2.19. The Hall–Kier alpha value is -2.62. The normalized spacial score (nSPS) is 28.0. The number of rotatable bonds is 4. The average Bonchev–Trinajstić information content (AvgIpc) is 3.41. The Morgan fingerprint density at radius 3 is 2.81 bits per heavy atom. The van der Waals surface area contributed by atoms with Gasteiger partial charge < -0.3 is 10.1 Å². The van der Waals surface area contributed by atoms with Gasteiger partial charge in [-0.05, 0) is 47.9 Å². The summed E-state index contributed by atoms with van der Waals surface area (Å²) in [7, 11) is 0. The number of nitrogens with zero attached hydrogens (tertiary/aromatic N) is 1. The molecule has 0 saturated heterocycles. The number of carbonyl (C=O) groups is 1. The quantitative estimate of drug-likeness (QED) is 0.864. The molecule has 0 spiro atoms. The van der Waals surface area contributed by atoms with Crippen LogP contribution < -0.4 is 10.1 Å². The second-order valence-corrected chi connectivity index (χ2v) is 7.61. The summed E-state index contributed by atoms with van der Waals surface area (Å²) in [5.74, 6) is 2.35. The summed E-state index contributed by atoms with van der Waals surface area (Å²) < 4.78 is 6.22. The number of benzene rings is 1. The smallest absolute Gasteiger partial charge is 0.223 e. The molecule has 1 aromatic heterocycles. The van der Waals surface area contributed by atoms with Crippen molar-refractivity contribution in [3.8, 4) is 16.9 Å². The Morgan fingerprint density at radius 1 is 1.15 bits per heavy atom. The minimum absolute atomic E-state index is 0.00562. The Morgan fingerprint density at radius 2 is 2.04 bits per heavy atom. The van der Waals surface area contributed by atoms with Crippen LogP contribution in [0.2, 0.25) is 0 Å². The molecule has 3 aliphatic rings. The molecule has 2 aromatic rings. The van der Waals surface area contributed by atoms with Crippen molar-refractivity contribution in [1.29, 1.82) is 0 Å². The zero-order chi connectivity index (χ0) is 17.5. The summed E-state index contributed by atoms with van der Waals surface area (Å²) in [5.41, 5.74) is 3.41. The van der Waals surface area contributed by atoms with Crippen molar-refractivity contribution in [2.24, 2.45) is 17.8 Å². The number of amides is 1. The van der Waals surface area contributed by atoms with Gasteiger partial charge in [-0.3, -0.25) is 9.78 Å². The van der Waals surface area contributed by atoms with Gasteiger partial charge in [0.1, 0.15) is 11.9 Å². The third kappa shape index (κ3) is 2.70. The van der Waals surface area contributed by atoms with E-state index in [1.807, 2.05) is 12.1 Å². The first-order valence-electron chi connectivity index (χ1n) is 9.43. The van der Waals surface area contributed by atoms with Crippen LogP contribution in [0.5, 0.6) is 5.75 Å². The molecule has 1 aliphatic heterocycles. The summed E-state index contributed by atoms with van der Waals surface area (Å²) in [6, 6.07) is 10.3. The molecule has 132 valence electrons. The lowest BCUT2D eigenvalue weighted by atomic mass is 9.93. The van der Waals surface area contributed by atoms with Gasteiger partial charge in [0.2, 0.25) is 5.91 Å². The predicted molar refractivity (Wildman–Crippen MR) is 99.6 cm³/mol.